The fourth-order valence-electron chi connectivity index (χ4n) is 5.65. The average molecular weight is 447 g/mol. The number of hydrogen-bond acceptors (Lipinski definition) is 1. The normalized spacial score (nSPS) is 23.8. The molecular weight excluding hydrogens is 416 g/mol. The molecule has 0 saturated heterocycles. The number of allylic oxidation sites excluding steroid dienone is 2. The highest BCUT2D eigenvalue weighted by Crippen LogP contribution is 2.43. The minimum absolute atomic E-state index is 0.207. The van der Waals surface area contributed by atoms with Gasteiger partial charge in [-0.15, -0.1) is 0 Å². The standard InChI is InChI=1S/C27H30F4O/c1-2-3-16-4-6-17(7-5-16)18-8-10-19(11-9-18)20-12-13-21(25(30)24(20)29)22-14-15-23(28)26(31)27(22)32/h10,12-18,32H,2-9,11H2,1H3. The molecule has 2 aromatic carbocycles. The van der Waals surface area contributed by atoms with E-state index in [0.717, 1.165) is 42.4 Å². The van der Waals surface area contributed by atoms with Crippen molar-refractivity contribution in [2.24, 2.45) is 17.8 Å². The smallest absolute Gasteiger partial charge is 0.200 e. The van der Waals surface area contributed by atoms with E-state index < -0.39 is 29.0 Å². The van der Waals surface area contributed by atoms with Crippen molar-refractivity contribution in [2.75, 3.05) is 0 Å². The van der Waals surface area contributed by atoms with Gasteiger partial charge in [-0.05, 0) is 67.6 Å². The molecule has 1 nitrogen and oxygen atoms in total. The molecule has 0 bridgehead atoms. The zero-order valence-electron chi connectivity index (χ0n) is 18.4. The van der Waals surface area contributed by atoms with Crippen LogP contribution in [-0.4, -0.2) is 5.11 Å². The first-order valence-electron chi connectivity index (χ1n) is 11.7. The van der Waals surface area contributed by atoms with Crippen molar-refractivity contribution >= 4 is 5.57 Å². The summed E-state index contributed by atoms with van der Waals surface area (Å²) in [6.07, 6.45) is 12.3. The van der Waals surface area contributed by atoms with Crippen molar-refractivity contribution in [1.82, 2.24) is 0 Å². The Morgan fingerprint density at radius 1 is 0.781 bits per heavy atom. The summed E-state index contributed by atoms with van der Waals surface area (Å²) in [7, 11) is 0. The maximum atomic E-state index is 14.9. The number of hydrogen-bond donors (Lipinski definition) is 1. The third kappa shape index (κ3) is 4.44. The molecule has 0 spiro atoms. The summed E-state index contributed by atoms with van der Waals surface area (Å²) in [5.41, 5.74) is 0.431. The van der Waals surface area contributed by atoms with Gasteiger partial charge in [0.05, 0.1) is 0 Å². The predicted octanol–water partition coefficient (Wildman–Crippen LogP) is 8.41. The number of phenolic OH excluding ortho intramolecular Hbond substituents is 1. The van der Waals surface area contributed by atoms with Gasteiger partial charge in [-0.2, -0.15) is 4.39 Å². The Morgan fingerprint density at radius 2 is 1.44 bits per heavy atom. The number of aromatic hydroxyl groups is 1. The molecule has 1 fully saturated rings. The molecule has 0 amide bonds. The van der Waals surface area contributed by atoms with Gasteiger partial charge in [0.2, 0.25) is 5.82 Å². The van der Waals surface area contributed by atoms with Crippen molar-refractivity contribution in [3.05, 3.63) is 59.2 Å². The first kappa shape index (κ1) is 22.9. The summed E-state index contributed by atoms with van der Waals surface area (Å²) in [5, 5.41) is 9.85. The molecule has 172 valence electrons. The molecule has 1 saturated carbocycles. The van der Waals surface area contributed by atoms with Crippen LogP contribution in [0, 0.1) is 41.0 Å². The van der Waals surface area contributed by atoms with Crippen molar-refractivity contribution in [2.45, 2.75) is 64.7 Å². The molecule has 2 aliphatic carbocycles. The Bertz CT molecular complexity index is 1010. The molecule has 1 N–H and O–H groups in total. The van der Waals surface area contributed by atoms with Gasteiger partial charge in [0.1, 0.15) is 0 Å². The molecule has 0 aliphatic heterocycles. The minimum atomic E-state index is -1.48. The Balaban J connectivity index is 1.50. The molecule has 0 heterocycles. The van der Waals surface area contributed by atoms with Gasteiger partial charge < -0.3 is 5.11 Å². The largest absolute Gasteiger partial charge is 0.504 e. The quantitative estimate of drug-likeness (QED) is 0.457. The van der Waals surface area contributed by atoms with Gasteiger partial charge in [-0.3, -0.25) is 0 Å². The van der Waals surface area contributed by atoms with E-state index in [1.165, 1.54) is 50.7 Å². The molecule has 2 aliphatic rings. The monoisotopic (exact) mass is 446 g/mol. The second kappa shape index (κ2) is 9.68. The SMILES string of the molecule is CCCC1CCC(C2CC=C(c3ccc(-c4ccc(F)c(F)c4O)c(F)c3F)CC2)CC1. The number of phenols is 1. The summed E-state index contributed by atoms with van der Waals surface area (Å²) < 4.78 is 56.7. The van der Waals surface area contributed by atoms with Gasteiger partial charge in [0, 0.05) is 16.7 Å². The van der Waals surface area contributed by atoms with Gasteiger partial charge >= 0.3 is 0 Å². The van der Waals surface area contributed by atoms with E-state index in [2.05, 4.69) is 6.92 Å². The highest BCUT2D eigenvalue weighted by molar-refractivity contribution is 5.75. The van der Waals surface area contributed by atoms with Gasteiger partial charge in [-0.25, -0.2) is 13.2 Å². The molecule has 1 unspecified atom stereocenters. The summed E-state index contributed by atoms with van der Waals surface area (Å²) in [6.45, 7) is 2.24. The van der Waals surface area contributed by atoms with Crippen molar-refractivity contribution in [1.29, 1.82) is 0 Å². The van der Waals surface area contributed by atoms with Gasteiger partial charge in [-0.1, -0.05) is 50.8 Å². The van der Waals surface area contributed by atoms with E-state index in [1.807, 2.05) is 6.08 Å². The number of halogens is 4. The van der Waals surface area contributed by atoms with Crippen LogP contribution in [0.25, 0.3) is 16.7 Å². The zero-order chi connectivity index (χ0) is 22.8. The summed E-state index contributed by atoms with van der Waals surface area (Å²) in [4.78, 5) is 0. The lowest BCUT2D eigenvalue weighted by Crippen LogP contribution is -2.23. The molecule has 5 heteroatoms. The van der Waals surface area contributed by atoms with Crippen molar-refractivity contribution < 1.29 is 22.7 Å². The van der Waals surface area contributed by atoms with Crippen molar-refractivity contribution in [3.63, 3.8) is 0 Å². The maximum Gasteiger partial charge on any atom is 0.200 e. The maximum absolute atomic E-state index is 14.9. The zero-order valence-corrected chi connectivity index (χ0v) is 18.4. The van der Waals surface area contributed by atoms with E-state index in [9.17, 15) is 22.7 Å². The number of benzene rings is 2. The predicted molar refractivity (Wildman–Crippen MR) is 119 cm³/mol. The first-order chi connectivity index (χ1) is 15.4. The van der Waals surface area contributed by atoms with Crippen LogP contribution in [0.4, 0.5) is 17.6 Å². The third-order valence-electron chi connectivity index (χ3n) is 7.49. The van der Waals surface area contributed by atoms with E-state index in [-0.39, 0.29) is 16.7 Å². The average Bonchev–Trinajstić information content (AvgIpc) is 2.81. The highest BCUT2D eigenvalue weighted by atomic mass is 19.2. The van der Waals surface area contributed by atoms with Crippen LogP contribution in [0.1, 0.15) is 70.3 Å². The molecule has 2 aromatic rings. The fraction of sp³-hybridized carbons (Fsp3) is 0.481. The van der Waals surface area contributed by atoms with Crippen LogP contribution in [0.15, 0.2) is 30.3 Å². The molecule has 0 radical (unpaired) electrons. The van der Waals surface area contributed by atoms with Crippen LogP contribution in [-0.2, 0) is 0 Å². The van der Waals surface area contributed by atoms with E-state index >= 15 is 0 Å². The Kier molecular flexibility index (Phi) is 6.92. The minimum Gasteiger partial charge on any atom is -0.504 e. The summed E-state index contributed by atoms with van der Waals surface area (Å²) in [6, 6.07) is 4.62. The van der Waals surface area contributed by atoms with Crippen LogP contribution in [0.3, 0.4) is 0 Å². The lowest BCUT2D eigenvalue weighted by atomic mass is 9.70. The van der Waals surface area contributed by atoms with Crippen LogP contribution >= 0.6 is 0 Å². The first-order valence-corrected chi connectivity index (χ1v) is 11.7. The fourth-order valence-corrected chi connectivity index (χ4v) is 5.65. The van der Waals surface area contributed by atoms with E-state index in [0.29, 0.717) is 12.3 Å². The van der Waals surface area contributed by atoms with Crippen LogP contribution in [0.5, 0.6) is 5.75 Å². The van der Waals surface area contributed by atoms with Crippen LogP contribution in [0.2, 0.25) is 0 Å². The molecule has 4 rings (SSSR count). The summed E-state index contributed by atoms with van der Waals surface area (Å²) >= 11 is 0. The van der Waals surface area contributed by atoms with Gasteiger partial charge in [0.15, 0.2) is 23.2 Å². The topological polar surface area (TPSA) is 20.2 Å². The lowest BCUT2D eigenvalue weighted by molar-refractivity contribution is 0.189. The number of rotatable bonds is 5. The van der Waals surface area contributed by atoms with E-state index in [4.69, 9.17) is 0 Å². The third-order valence-corrected chi connectivity index (χ3v) is 7.49. The van der Waals surface area contributed by atoms with Gasteiger partial charge in [0.25, 0.3) is 0 Å². The molecule has 32 heavy (non-hydrogen) atoms. The van der Waals surface area contributed by atoms with Crippen LogP contribution < -0.4 is 0 Å². The Morgan fingerprint density at radius 3 is 2.09 bits per heavy atom. The Labute approximate surface area is 187 Å². The second-order valence-electron chi connectivity index (χ2n) is 9.38. The molecule has 1 atom stereocenters. The molecular formula is C27H30F4O. The summed E-state index contributed by atoms with van der Waals surface area (Å²) in [5.74, 6) is -3.73. The van der Waals surface area contributed by atoms with E-state index in [1.54, 1.807) is 0 Å². The molecule has 0 aromatic heterocycles. The Hall–Kier alpha value is -2.30. The lowest BCUT2D eigenvalue weighted by Gasteiger charge is -2.35. The highest BCUT2D eigenvalue weighted by Gasteiger charge is 2.29. The second-order valence-corrected chi connectivity index (χ2v) is 9.38. The van der Waals surface area contributed by atoms with Crippen molar-refractivity contribution in [3.8, 4) is 16.9 Å².